The fourth-order valence-corrected chi connectivity index (χ4v) is 1.79. The molecule has 0 saturated heterocycles. The zero-order valence-electron chi connectivity index (χ0n) is 12.1. The molecule has 0 bridgehead atoms. The zero-order chi connectivity index (χ0) is 13.9. The van der Waals surface area contributed by atoms with E-state index in [1.54, 1.807) is 6.26 Å². The molecule has 0 spiro atoms. The molecule has 0 amide bonds. The third kappa shape index (κ3) is 3.92. The molecule has 5 nitrogen and oxygen atoms in total. The summed E-state index contributed by atoms with van der Waals surface area (Å²) in [5.41, 5.74) is 0.937. The van der Waals surface area contributed by atoms with Gasteiger partial charge in [-0.25, -0.2) is 4.68 Å². The lowest BCUT2D eigenvalue weighted by Gasteiger charge is -2.17. The van der Waals surface area contributed by atoms with Crippen LogP contribution >= 0.6 is 0 Å². The summed E-state index contributed by atoms with van der Waals surface area (Å²) >= 11 is 0. The van der Waals surface area contributed by atoms with Crippen LogP contribution in [0.4, 0.5) is 0 Å². The first-order valence-electron chi connectivity index (χ1n) is 6.62. The summed E-state index contributed by atoms with van der Waals surface area (Å²) in [4.78, 5) is 0. The molecule has 0 saturated carbocycles. The van der Waals surface area contributed by atoms with Crippen LogP contribution in [0.15, 0.2) is 29.0 Å². The van der Waals surface area contributed by atoms with E-state index in [4.69, 9.17) is 4.42 Å². The minimum atomic E-state index is -0.0228. The Bertz CT molecular complexity index is 496. The maximum Gasteiger partial charge on any atom is 0.105 e. The summed E-state index contributed by atoms with van der Waals surface area (Å²) in [6, 6.07) is 4.25. The number of nitrogens with zero attached hydrogens (tertiary/aromatic N) is 3. The predicted molar refractivity (Wildman–Crippen MR) is 73.7 cm³/mol. The van der Waals surface area contributed by atoms with E-state index in [1.165, 1.54) is 0 Å². The molecule has 0 aliphatic rings. The summed E-state index contributed by atoms with van der Waals surface area (Å²) in [7, 11) is 0. The van der Waals surface area contributed by atoms with Crippen LogP contribution in [-0.4, -0.2) is 21.0 Å². The summed E-state index contributed by atoms with van der Waals surface area (Å²) in [6.07, 6.45) is 4.57. The lowest BCUT2D eigenvalue weighted by molar-refractivity contribution is 0.347. The molecule has 0 aromatic carbocycles. The van der Waals surface area contributed by atoms with E-state index in [0.717, 1.165) is 24.4 Å². The Hall–Kier alpha value is -1.62. The summed E-state index contributed by atoms with van der Waals surface area (Å²) in [6.45, 7) is 9.18. The zero-order valence-corrected chi connectivity index (χ0v) is 12.1. The fourth-order valence-electron chi connectivity index (χ4n) is 1.79. The van der Waals surface area contributed by atoms with E-state index in [9.17, 15) is 0 Å². The molecule has 19 heavy (non-hydrogen) atoms. The third-order valence-electron chi connectivity index (χ3n) is 2.95. The van der Waals surface area contributed by atoms with Gasteiger partial charge >= 0.3 is 0 Å². The van der Waals surface area contributed by atoms with Gasteiger partial charge in [-0.05, 0) is 39.8 Å². The Kier molecular flexibility index (Phi) is 4.04. The molecule has 2 heterocycles. The number of nitrogens with one attached hydrogen (secondary N) is 1. The van der Waals surface area contributed by atoms with Gasteiger partial charge in [0, 0.05) is 19.0 Å². The molecule has 0 aliphatic heterocycles. The quantitative estimate of drug-likeness (QED) is 0.898. The molecule has 1 unspecified atom stereocenters. The molecule has 2 aromatic heterocycles. The molecule has 1 atom stereocenters. The second-order valence-corrected chi connectivity index (χ2v) is 5.89. The Morgan fingerprint density at radius 3 is 2.79 bits per heavy atom. The van der Waals surface area contributed by atoms with E-state index < -0.39 is 0 Å². The molecule has 0 aliphatic carbocycles. The lowest BCUT2D eigenvalue weighted by atomic mass is 10.1. The number of hydrogen-bond acceptors (Lipinski definition) is 4. The number of hydrogen-bond donors (Lipinski definition) is 1. The van der Waals surface area contributed by atoms with Gasteiger partial charge in [0.05, 0.1) is 23.7 Å². The fraction of sp³-hybridized carbons (Fsp3) is 0.571. The van der Waals surface area contributed by atoms with Crippen molar-refractivity contribution in [1.82, 2.24) is 20.3 Å². The van der Waals surface area contributed by atoms with Gasteiger partial charge in [-0.3, -0.25) is 0 Å². The molecule has 104 valence electrons. The molecule has 0 radical (unpaired) electrons. The molecule has 5 heteroatoms. The smallest absolute Gasteiger partial charge is 0.105 e. The van der Waals surface area contributed by atoms with E-state index in [-0.39, 0.29) is 5.54 Å². The van der Waals surface area contributed by atoms with Crippen molar-refractivity contribution in [2.45, 2.75) is 52.2 Å². The first-order valence-corrected chi connectivity index (χ1v) is 6.62. The number of aromatic nitrogens is 3. The number of rotatable bonds is 5. The van der Waals surface area contributed by atoms with Gasteiger partial charge in [0.25, 0.3) is 0 Å². The monoisotopic (exact) mass is 262 g/mol. The van der Waals surface area contributed by atoms with Gasteiger partial charge in [0.15, 0.2) is 0 Å². The van der Waals surface area contributed by atoms with Crippen LogP contribution < -0.4 is 5.32 Å². The van der Waals surface area contributed by atoms with Gasteiger partial charge in [-0.2, -0.15) is 0 Å². The second-order valence-electron chi connectivity index (χ2n) is 5.89. The summed E-state index contributed by atoms with van der Waals surface area (Å²) in [5.74, 6) is 0.998. The number of furan rings is 1. The van der Waals surface area contributed by atoms with Crippen LogP contribution in [0.25, 0.3) is 0 Å². The average molecular weight is 262 g/mol. The van der Waals surface area contributed by atoms with Gasteiger partial charge in [0.1, 0.15) is 5.76 Å². The normalized spacial score (nSPS) is 13.7. The predicted octanol–water partition coefficient (Wildman–Crippen LogP) is 2.35. The van der Waals surface area contributed by atoms with E-state index in [2.05, 4.69) is 43.3 Å². The van der Waals surface area contributed by atoms with Crippen molar-refractivity contribution >= 4 is 0 Å². The largest absolute Gasteiger partial charge is 0.469 e. The van der Waals surface area contributed by atoms with Crippen LogP contribution in [-0.2, 0) is 18.5 Å². The Balaban J connectivity index is 1.83. The molecular weight excluding hydrogens is 240 g/mol. The lowest BCUT2D eigenvalue weighted by Crippen LogP contribution is -2.27. The van der Waals surface area contributed by atoms with Crippen molar-refractivity contribution < 1.29 is 4.42 Å². The standard InChI is InChI=1S/C14H22N4O/c1-11(8-13-6-5-7-19-13)15-9-12-10-18(17-16-12)14(2,3)4/h5-7,10-11,15H,8-9H2,1-4H3. The van der Waals surface area contributed by atoms with Gasteiger partial charge in [0.2, 0.25) is 0 Å². The maximum atomic E-state index is 5.33. The topological polar surface area (TPSA) is 55.9 Å². The highest BCUT2D eigenvalue weighted by Gasteiger charge is 2.15. The molecule has 2 rings (SSSR count). The van der Waals surface area contributed by atoms with Crippen molar-refractivity contribution in [2.24, 2.45) is 0 Å². The molecular formula is C14H22N4O. The Labute approximate surface area is 114 Å². The first-order chi connectivity index (χ1) is 8.95. The SMILES string of the molecule is CC(Cc1ccco1)NCc1cn(C(C)(C)C)nn1. The second kappa shape index (κ2) is 5.57. The third-order valence-corrected chi connectivity index (χ3v) is 2.95. The van der Waals surface area contributed by atoms with Crippen LogP contribution in [0, 0.1) is 0 Å². The van der Waals surface area contributed by atoms with Crippen molar-refractivity contribution in [1.29, 1.82) is 0 Å². The van der Waals surface area contributed by atoms with Gasteiger partial charge in [-0.15, -0.1) is 5.10 Å². The van der Waals surface area contributed by atoms with Crippen molar-refractivity contribution in [3.63, 3.8) is 0 Å². The summed E-state index contributed by atoms with van der Waals surface area (Å²) in [5, 5.41) is 11.8. The van der Waals surface area contributed by atoms with Crippen LogP contribution in [0.2, 0.25) is 0 Å². The van der Waals surface area contributed by atoms with Gasteiger partial charge < -0.3 is 9.73 Å². The van der Waals surface area contributed by atoms with Crippen molar-refractivity contribution in [2.75, 3.05) is 0 Å². The minimum Gasteiger partial charge on any atom is -0.469 e. The highest BCUT2D eigenvalue weighted by molar-refractivity contribution is 5.00. The van der Waals surface area contributed by atoms with Crippen molar-refractivity contribution in [3.8, 4) is 0 Å². The van der Waals surface area contributed by atoms with Gasteiger partial charge in [-0.1, -0.05) is 5.21 Å². The summed E-state index contributed by atoms with van der Waals surface area (Å²) < 4.78 is 7.22. The highest BCUT2D eigenvalue weighted by Crippen LogP contribution is 2.11. The average Bonchev–Trinajstić information content (AvgIpc) is 2.95. The van der Waals surface area contributed by atoms with E-state index >= 15 is 0 Å². The highest BCUT2D eigenvalue weighted by atomic mass is 16.3. The van der Waals surface area contributed by atoms with Crippen LogP contribution in [0.5, 0.6) is 0 Å². The van der Waals surface area contributed by atoms with Crippen LogP contribution in [0.3, 0.4) is 0 Å². The van der Waals surface area contributed by atoms with E-state index in [0.29, 0.717) is 6.04 Å². The minimum absolute atomic E-state index is 0.0228. The molecule has 1 N–H and O–H groups in total. The van der Waals surface area contributed by atoms with Crippen LogP contribution in [0.1, 0.15) is 39.1 Å². The molecule has 0 fully saturated rings. The van der Waals surface area contributed by atoms with E-state index in [1.807, 2.05) is 23.0 Å². The Morgan fingerprint density at radius 1 is 1.42 bits per heavy atom. The molecule has 2 aromatic rings. The first kappa shape index (κ1) is 13.8. The van der Waals surface area contributed by atoms with Crippen molar-refractivity contribution in [3.05, 3.63) is 36.0 Å². The maximum absolute atomic E-state index is 5.33. The Morgan fingerprint density at radius 2 is 2.21 bits per heavy atom.